The number of anilines is 2. The van der Waals surface area contributed by atoms with Crippen molar-refractivity contribution >= 4 is 40.6 Å². The Hall–Kier alpha value is -3.66. The van der Waals surface area contributed by atoms with Gasteiger partial charge in [0.1, 0.15) is 10.6 Å². The van der Waals surface area contributed by atoms with Crippen molar-refractivity contribution in [3.05, 3.63) is 64.1 Å². The SMILES string of the molecule is Cc1ccc(C)c(N(C(=O)c2snc(C(N)=O)c2N)C(C(=O)NC2CCCC2)c2ccco2)c1. The Bertz CT molecular complexity index is 1210. The van der Waals surface area contributed by atoms with Crippen LogP contribution in [0.2, 0.25) is 0 Å². The number of carbonyl (C=O) groups is 3. The van der Waals surface area contributed by atoms with Crippen LogP contribution in [0.1, 0.15) is 68.8 Å². The quantitative estimate of drug-likeness (QED) is 0.471. The number of amides is 3. The zero-order valence-corrected chi connectivity index (χ0v) is 19.9. The summed E-state index contributed by atoms with van der Waals surface area (Å²) in [7, 11) is 0. The molecule has 178 valence electrons. The van der Waals surface area contributed by atoms with Crippen molar-refractivity contribution in [3.63, 3.8) is 0 Å². The first-order valence-corrected chi connectivity index (χ1v) is 11.8. The third kappa shape index (κ3) is 4.54. The van der Waals surface area contributed by atoms with Gasteiger partial charge in [0, 0.05) is 11.7 Å². The fourth-order valence-electron chi connectivity index (χ4n) is 4.25. The van der Waals surface area contributed by atoms with Crippen LogP contribution in [0.15, 0.2) is 41.0 Å². The van der Waals surface area contributed by atoms with Crippen LogP contribution in [0.4, 0.5) is 11.4 Å². The molecule has 1 unspecified atom stereocenters. The standard InChI is InChI=1S/C24H27N5O4S/c1-13-9-10-14(2)16(12-13)29(24(32)21-18(25)19(22(26)30)28-34-21)20(17-8-5-11-33-17)23(31)27-15-6-3-4-7-15/h5,8-12,15,20H,3-4,6-7,25H2,1-2H3,(H2,26,30)(H,27,31). The largest absolute Gasteiger partial charge is 0.467 e. The normalized spacial score (nSPS) is 14.6. The van der Waals surface area contributed by atoms with Gasteiger partial charge in [0.25, 0.3) is 17.7 Å². The van der Waals surface area contributed by atoms with Crippen LogP contribution in [0, 0.1) is 13.8 Å². The predicted molar refractivity (Wildman–Crippen MR) is 130 cm³/mol. The Kier molecular flexibility index (Phi) is 6.69. The molecule has 1 aliphatic carbocycles. The average Bonchev–Trinajstić information content (AvgIpc) is 3.56. The van der Waals surface area contributed by atoms with Crippen molar-refractivity contribution in [3.8, 4) is 0 Å². The topological polar surface area (TPSA) is 145 Å². The number of hydrogen-bond donors (Lipinski definition) is 3. The lowest BCUT2D eigenvalue weighted by atomic mass is 10.0. The number of carbonyl (C=O) groups excluding carboxylic acids is 3. The van der Waals surface area contributed by atoms with Crippen molar-refractivity contribution < 1.29 is 18.8 Å². The Morgan fingerprint density at radius 3 is 2.56 bits per heavy atom. The fraction of sp³-hybridized carbons (Fsp3) is 0.333. The van der Waals surface area contributed by atoms with E-state index in [1.54, 1.807) is 12.1 Å². The molecule has 34 heavy (non-hydrogen) atoms. The zero-order valence-electron chi connectivity index (χ0n) is 19.0. The molecule has 2 heterocycles. The maximum Gasteiger partial charge on any atom is 0.273 e. The summed E-state index contributed by atoms with van der Waals surface area (Å²) in [5, 5.41) is 3.09. The molecule has 1 aromatic carbocycles. The highest BCUT2D eigenvalue weighted by Crippen LogP contribution is 2.35. The smallest absolute Gasteiger partial charge is 0.273 e. The van der Waals surface area contributed by atoms with Gasteiger partial charge in [-0.1, -0.05) is 25.0 Å². The number of aryl methyl sites for hydroxylation is 2. The number of hydrogen-bond acceptors (Lipinski definition) is 7. The molecule has 3 amide bonds. The van der Waals surface area contributed by atoms with Crippen molar-refractivity contribution in [1.29, 1.82) is 0 Å². The summed E-state index contributed by atoms with van der Waals surface area (Å²) in [4.78, 5) is 40.8. The van der Waals surface area contributed by atoms with E-state index in [4.69, 9.17) is 15.9 Å². The van der Waals surface area contributed by atoms with Crippen molar-refractivity contribution in [2.75, 3.05) is 10.6 Å². The first-order valence-electron chi connectivity index (χ1n) is 11.1. The summed E-state index contributed by atoms with van der Waals surface area (Å²) < 4.78 is 9.61. The Balaban J connectivity index is 1.85. The van der Waals surface area contributed by atoms with Gasteiger partial charge in [-0.2, -0.15) is 4.37 Å². The second-order valence-electron chi connectivity index (χ2n) is 8.51. The Morgan fingerprint density at radius 1 is 1.21 bits per heavy atom. The van der Waals surface area contributed by atoms with E-state index in [1.807, 2.05) is 32.0 Å². The number of aromatic nitrogens is 1. The fourth-order valence-corrected chi connectivity index (χ4v) is 5.00. The maximum atomic E-state index is 14.0. The van der Waals surface area contributed by atoms with Gasteiger partial charge >= 0.3 is 0 Å². The maximum absolute atomic E-state index is 14.0. The molecule has 10 heteroatoms. The second-order valence-corrected chi connectivity index (χ2v) is 9.28. The first kappa shape index (κ1) is 23.5. The molecule has 4 rings (SSSR count). The van der Waals surface area contributed by atoms with Crippen molar-refractivity contribution in [2.24, 2.45) is 5.73 Å². The van der Waals surface area contributed by atoms with E-state index in [0.717, 1.165) is 48.3 Å². The summed E-state index contributed by atoms with van der Waals surface area (Å²) in [5.74, 6) is -1.44. The summed E-state index contributed by atoms with van der Waals surface area (Å²) in [6.07, 6.45) is 5.32. The molecule has 1 aliphatic rings. The minimum absolute atomic E-state index is 0.0277. The van der Waals surface area contributed by atoms with Crippen molar-refractivity contribution in [1.82, 2.24) is 9.69 Å². The van der Waals surface area contributed by atoms with Gasteiger partial charge in [0.2, 0.25) is 0 Å². The minimum Gasteiger partial charge on any atom is -0.467 e. The van der Waals surface area contributed by atoms with Gasteiger partial charge in [-0.25, -0.2) is 0 Å². The molecule has 1 saturated carbocycles. The number of rotatable bonds is 7. The molecular formula is C24H27N5O4S. The van der Waals surface area contributed by atoms with E-state index in [1.165, 1.54) is 11.2 Å². The highest BCUT2D eigenvalue weighted by atomic mass is 32.1. The van der Waals surface area contributed by atoms with Crippen LogP contribution in [-0.2, 0) is 4.79 Å². The van der Waals surface area contributed by atoms with Crippen LogP contribution in [0.3, 0.4) is 0 Å². The average molecular weight is 482 g/mol. The van der Waals surface area contributed by atoms with Crippen LogP contribution in [0.25, 0.3) is 0 Å². The number of nitrogens with zero attached hydrogens (tertiary/aromatic N) is 2. The van der Waals surface area contributed by atoms with E-state index in [2.05, 4.69) is 9.69 Å². The number of benzene rings is 1. The summed E-state index contributed by atoms with van der Waals surface area (Å²) in [5.41, 5.74) is 13.4. The number of nitrogens with one attached hydrogen (secondary N) is 1. The molecular weight excluding hydrogens is 454 g/mol. The van der Waals surface area contributed by atoms with Crippen LogP contribution < -0.4 is 21.7 Å². The number of furan rings is 1. The van der Waals surface area contributed by atoms with E-state index in [9.17, 15) is 14.4 Å². The molecule has 0 bridgehead atoms. The zero-order chi connectivity index (χ0) is 24.4. The summed E-state index contributed by atoms with van der Waals surface area (Å²) >= 11 is 0.776. The lowest BCUT2D eigenvalue weighted by Gasteiger charge is -2.31. The van der Waals surface area contributed by atoms with Gasteiger partial charge in [-0.15, -0.1) is 0 Å². The van der Waals surface area contributed by atoms with Gasteiger partial charge in [-0.05, 0) is 67.5 Å². The third-order valence-electron chi connectivity index (χ3n) is 6.02. The number of nitrogens with two attached hydrogens (primary N) is 2. The molecule has 1 fully saturated rings. The molecule has 3 aromatic rings. The van der Waals surface area contributed by atoms with Gasteiger partial charge < -0.3 is 21.2 Å². The molecule has 1 atom stereocenters. The summed E-state index contributed by atoms with van der Waals surface area (Å²) in [6, 6.07) is 7.91. The number of primary amides is 1. The molecule has 0 radical (unpaired) electrons. The van der Waals surface area contributed by atoms with E-state index < -0.39 is 17.9 Å². The number of nitrogen functional groups attached to an aromatic ring is 1. The Morgan fingerprint density at radius 2 is 1.94 bits per heavy atom. The molecule has 5 N–H and O–H groups in total. The monoisotopic (exact) mass is 481 g/mol. The van der Waals surface area contributed by atoms with Gasteiger partial charge in [0.15, 0.2) is 11.7 Å². The highest BCUT2D eigenvalue weighted by Gasteiger charge is 2.39. The van der Waals surface area contributed by atoms with E-state index in [0.29, 0.717) is 11.4 Å². The lowest BCUT2D eigenvalue weighted by Crippen LogP contribution is -2.46. The van der Waals surface area contributed by atoms with Crippen LogP contribution in [-0.4, -0.2) is 28.1 Å². The molecule has 0 spiro atoms. The van der Waals surface area contributed by atoms with E-state index >= 15 is 0 Å². The van der Waals surface area contributed by atoms with Crippen LogP contribution in [0.5, 0.6) is 0 Å². The predicted octanol–water partition coefficient (Wildman–Crippen LogP) is 3.48. The molecule has 2 aromatic heterocycles. The molecule has 0 aliphatic heterocycles. The third-order valence-corrected chi connectivity index (χ3v) is 6.87. The van der Waals surface area contributed by atoms with Crippen molar-refractivity contribution in [2.45, 2.75) is 51.6 Å². The highest BCUT2D eigenvalue weighted by molar-refractivity contribution is 7.09. The van der Waals surface area contributed by atoms with Crippen LogP contribution >= 0.6 is 11.5 Å². The Labute approximate surface area is 201 Å². The lowest BCUT2D eigenvalue weighted by molar-refractivity contribution is -0.123. The van der Waals surface area contributed by atoms with Gasteiger partial charge in [-0.3, -0.25) is 19.3 Å². The molecule has 0 saturated heterocycles. The second kappa shape index (κ2) is 9.68. The molecule has 9 nitrogen and oxygen atoms in total. The summed E-state index contributed by atoms with van der Waals surface area (Å²) in [6.45, 7) is 3.76. The first-order chi connectivity index (χ1) is 16.3. The minimum atomic E-state index is -1.10. The van der Waals surface area contributed by atoms with E-state index in [-0.39, 0.29) is 28.2 Å². The van der Waals surface area contributed by atoms with Gasteiger partial charge in [0.05, 0.1) is 12.0 Å².